The van der Waals surface area contributed by atoms with Gasteiger partial charge in [-0.15, -0.1) is 11.3 Å². The molecule has 3 rings (SSSR count). The number of Topliss-reactive ketones (excluding diaryl/α,β-unsaturated/α-hetero) is 1. The van der Waals surface area contributed by atoms with Crippen LogP contribution in [0.1, 0.15) is 44.1 Å². The van der Waals surface area contributed by atoms with Crippen molar-refractivity contribution in [1.82, 2.24) is 4.90 Å². The maximum absolute atomic E-state index is 12.4. The lowest BCUT2D eigenvalue weighted by Gasteiger charge is -2.28. The fourth-order valence-corrected chi connectivity index (χ4v) is 4.07. The van der Waals surface area contributed by atoms with Gasteiger partial charge >= 0.3 is 0 Å². The number of hydrogen-bond acceptors (Lipinski definition) is 3. The number of hydrogen-bond donors (Lipinski definition) is 0. The Labute approximate surface area is 140 Å². The van der Waals surface area contributed by atoms with E-state index < -0.39 is 0 Å². The summed E-state index contributed by atoms with van der Waals surface area (Å²) in [7, 11) is 0. The molecule has 2 heterocycles. The molecule has 1 amide bonds. The van der Waals surface area contributed by atoms with Crippen LogP contribution in [0.2, 0.25) is 0 Å². The number of rotatable bonds is 4. The summed E-state index contributed by atoms with van der Waals surface area (Å²) in [4.78, 5) is 28.8. The molecule has 0 radical (unpaired) electrons. The molecule has 23 heavy (non-hydrogen) atoms. The van der Waals surface area contributed by atoms with Crippen LogP contribution in [0.3, 0.4) is 0 Å². The van der Waals surface area contributed by atoms with Gasteiger partial charge in [0.15, 0.2) is 5.78 Å². The molecule has 0 aliphatic carbocycles. The van der Waals surface area contributed by atoms with Gasteiger partial charge in [-0.3, -0.25) is 9.59 Å². The first kappa shape index (κ1) is 15.9. The maximum Gasteiger partial charge on any atom is 0.223 e. The van der Waals surface area contributed by atoms with E-state index in [9.17, 15) is 9.59 Å². The Bertz CT molecular complexity index is 748. The van der Waals surface area contributed by atoms with Crippen molar-refractivity contribution in [3.8, 4) is 0 Å². The van der Waals surface area contributed by atoms with Gasteiger partial charge in [0, 0.05) is 41.2 Å². The van der Waals surface area contributed by atoms with Crippen LogP contribution >= 0.6 is 11.3 Å². The van der Waals surface area contributed by atoms with Crippen LogP contribution in [0.25, 0.3) is 0 Å². The smallest absolute Gasteiger partial charge is 0.223 e. The second kappa shape index (κ2) is 6.67. The third-order valence-corrected chi connectivity index (χ3v) is 5.36. The van der Waals surface area contributed by atoms with Crippen molar-refractivity contribution in [1.29, 1.82) is 0 Å². The quantitative estimate of drug-likeness (QED) is 0.798. The van der Waals surface area contributed by atoms with Gasteiger partial charge in [-0.1, -0.05) is 24.3 Å². The van der Waals surface area contributed by atoms with Gasteiger partial charge in [-0.25, -0.2) is 0 Å². The van der Waals surface area contributed by atoms with Gasteiger partial charge in [0.2, 0.25) is 5.91 Å². The van der Waals surface area contributed by atoms with Crippen molar-refractivity contribution in [3.05, 3.63) is 56.8 Å². The first-order valence-electron chi connectivity index (χ1n) is 7.99. The summed E-state index contributed by atoms with van der Waals surface area (Å²) >= 11 is 1.64. The van der Waals surface area contributed by atoms with E-state index in [1.165, 1.54) is 11.1 Å². The van der Waals surface area contributed by atoms with Crippen LogP contribution in [0.4, 0.5) is 0 Å². The maximum atomic E-state index is 12.4. The molecule has 0 saturated heterocycles. The summed E-state index contributed by atoms with van der Waals surface area (Å²) in [6, 6.07) is 10.2. The van der Waals surface area contributed by atoms with Crippen LogP contribution < -0.4 is 0 Å². The highest BCUT2D eigenvalue weighted by atomic mass is 32.1. The van der Waals surface area contributed by atoms with Gasteiger partial charge in [0.1, 0.15) is 0 Å². The van der Waals surface area contributed by atoms with E-state index in [0.717, 1.165) is 28.3 Å². The molecule has 3 nitrogen and oxygen atoms in total. The zero-order valence-electron chi connectivity index (χ0n) is 13.6. The first-order chi connectivity index (χ1) is 11.0. The Morgan fingerprint density at radius 2 is 1.87 bits per heavy atom. The third kappa shape index (κ3) is 3.53. The molecule has 0 spiro atoms. The molecule has 120 valence electrons. The number of carbonyl (C=O) groups excluding carboxylic acids is 2. The lowest BCUT2D eigenvalue weighted by Crippen LogP contribution is -2.36. The molecule has 0 fully saturated rings. The minimum atomic E-state index is 0.0810. The number of carbonyl (C=O) groups is 2. The molecule has 0 unspecified atom stereocenters. The average molecular weight is 327 g/mol. The van der Waals surface area contributed by atoms with Gasteiger partial charge in [-0.2, -0.15) is 0 Å². The Kier molecular flexibility index (Phi) is 4.62. The second-order valence-electron chi connectivity index (χ2n) is 6.08. The molecule has 1 aliphatic rings. The van der Waals surface area contributed by atoms with E-state index >= 15 is 0 Å². The fraction of sp³-hybridized carbons (Fsp3) is 0.368. The number of thiophene rings is 1. The molecule has 1 aromatic heterocycles. The number of fused-ring (bicyclic) bond motifs is 1. The summed E-state index contributed by atoms with van der Waals surface area (Å²) in [5.41, 5.74) is 3.34. The zero-order valence-corrected chi connectivity index (χ0v) is 14.4. The second-order valence-corrected chi connectivity index (χ2v) is 7.54. The number of ketones is 1. The number of amides is 1. The molecule has 2 aromatic rings. The van der Waals surface area contributed by atoms with Crippen molar-refractivity contribution in [2.24, 2.45) is 0 Å². The molecule has 0 bridgehead atoms. The summed E-state index contributed by atoms with van der Waals surface area (Å²) in [5, 5.41) is 0. The molecular weight excluding hydrogens is 306 g/mol. The van der Waals surface area contributed by atoms with Crippen molar-refractivity contribution >= 4 is 23.0 Å². The van der Waals surface area contributed by atoms with E-state index in [1.54, 1.807) is 11.3 Å². The molecule has 4 heteroatoms. The van der Waals surface area contributed by atoms with Crippen LogP contribution in [-0.2, 0) is 17.8 Å². The molecule has 1 aliphatic heterocycles. The highest BCUT2D eigenvalue weighted by Gasteiger charge is 2.21. The van der Waals surface area contributed by atoms with Crippen LogP contribution in [0.5, 0.6) is 0 Å². The van der Waals surface area contributed by atoms with E-state index in [4.69, 9.17) is 0 Å². The summed E-state index contributed by atoms with van der Waals surface area (Å²) in [6.45, 7) is 5.39. The van der Waals surface area contributed by atoms with Crippen molar-refractivity contribution in [2.75, 3.05) is 6.54 Å². The molecular formula is C19H21NO2S. The number of nitrogens with zero attached hydrogens (tertiary/aromatic N) is 1. The Balaban J connectivity index is 1.58. The topological polar surface area (TPSA) is 37.4 Å². The van der Waals surface area contributed by atoms with Crippen LogP contribution in [0.15, 0.2) is 30.3 Å². The average Bonchev–Trinajstić information content (AvgIpc) is 2.90. The first-order valence-corrected chi connectivity index (χ1v) is 8.81. The lowest BCUT2D eigenvalue weighted by molar-refractivity contribution is -0.132. The van der Waals surface area contributed by atoms with Gasteiger partial charge in [0.25, 0.3) is 0 Å². The van der Waals surface area contributed by atoms with E-state index in [-0.39, 0.29) is 11.7 Å². The predicted molar refractivity (Wildman–Crippen MR) is 92.9 cm³/mol. The SMILES string of the molecule is Cc1cc(C(=O)CCC(=O)N2CCc3ccccc3C2)c(C)s1. The van der Waals surface area contributed by atoms with Crippen molar-refractivity contribution in [2.45, 2.75) is 39.7 Å². The van der Waals surface area contributed by atoms with E-state index in [1.807, 2.05) is 36.9 Å². The van der Waals surface area contributed by atoms with Crippen LogP contribution in [0, 0.1) is 13.8 Å². The lowest BCUT2D eigenvalue weighted by atomic mass is 9.99. The summed E-state index contributed by atoms with van der Waals surface area (Å²) in [6.07, 6.45) is 1.50. The molecule has 0 saturated carbocycles. The third-order valence-electron chi connectivity index (χ3n) is 4.39. The summed E-state index contributed by atoms with van der Waals surface area (Å²) in [5.74, 6) is 0.162. The van der Waals surface area contributed by atoms with Crippen molar-refractivity contribution in [3.63, 3.8) is 0 Å². The monoisotopic (exact) mass is 327 g/mol. The van der Waals surface area contributed by atoms with Gasteiger partial charge < -0.3 is 4.90 Å². The Hall–Kier alpha value is -1.94. The molecule has 0 atom stereocenters. The van der Waals surface area contributed by atoms with E-state index in [0.29, 0.717) is 19.4 Å². The predicted octanol–water partition coefficient (Wildman–Crippen LogP) is 3.91. The number of aryl methyl sites for hydroxylation is 2. The highest BCUT2D eigenvalue weighted by molar-refractivity contribution is 7.12. The Morgan fingerprint density at radius 1 is 1.13 bits per heavy atom. The highest BCUT2D eigenvalue weighted by Crippen LogP contribution is 2.23. The minimum Gasteiger partial charge on any atom is -0.338 e. The Morgan fingerprint density at radius 3 is 2.57 bits per heavy atom. The van der Waals surface area contributed by atoms with Gasteiger partial charge in [-0.05, 0) is 37.5 Å². The summed E-state index contributed by atoms with van der Waals surface area (Å²) < 4.78 is 0. The molecule has 0 N–H and O–H groups in total. The van der Waals surface area contributed by atoms with Crippen molar-refractivity contribution < 1.29 is 9.59 Å². The normalized spacial score (nSPS) is 13.7. The molecule has 1 aromatic carbocycles. The fourth-order valence-electron chi connectivity index (χ4n) is 3.13. The van der Waals surface area contributed by atoms with Gasteiger partial charge in [0.05, 0.1) is 0 Å². The van der Waals surface area contributed by atoms with Crippen LogP contribution in [-0.4, -0.2) is 23.1 Å². The largest absolute Gasteiger partial charge is 0.338 e. The zero-order chi connectivity index (χ0) is 16.4. The van der Waals surface area contributed by atoms with E-state index in [2.05, 4.69) is 12.1 Å². The minimum absolute atomic E-state index is 0.0810. The number of benzene rings is 1. The standard InChI is InChI=1S/C19H21NO2S/c1-13-11-17(14(2)23-13)18(21)7-8-19(22)20-10-9-15-5-3-4-6-16(15)12-20/h3-6,11H,7-10,12H2,1-2H3.